The van der Waals surface area contributed by atoms with Crippen molar-refractivity contribution in [2.75, 3.05) is 20.3 Å². The van der Waals surface area contributed by atoms with Crippen molar-refractivity contribution in [3.63, 3.8) is 0 Å². The fraction of sp³-hybridized carbons (Fsp3) is 0.500. The molecule has 1 amide bonds. The number of amides is 1. The van der Waals surface area contributed by atoms with Crippen LogP contribution in [0.5, 0.6) is 5.75 Å². The lowest BCUT2D eigenvalue weighted by Gasteiger charge is -2.14. The minimum atomic E-state index is -0.123. The maximum Gasteiger partial charge on any atom is 0.257 e. The molecular weight excluding hydrogens is 230 g/mol. The van der Waals surface area contributed by atoms with Gasteiger partial charge in [0.15, 0.2) is 6.61 Å². The SMILES string of the molecule is CNC(=O)COc1ccccc1C[C@H]1CCCO1. The van der Waals surface area contributed by atoms with E-state index in [1.165, 1.54) is 0 Å². The van der Waals surface area contributed by atoms with Crippen LogP contribution >= 0.6 is 0 Å². The molecule has 1 aromatic rings. The van der Waals surface area contributed by atoms with Gasteiger partial charge in [-0.15, -0.1) is 0 Å². The topological polar surface area (TPSA) is 47.6 Å². The van der Waals surface area contributed by atoms with E-state index in [1.807, 2.05) is 24.3 Å². The lowest BCUT2D eigenvalue weighted by molar-refractivity contribution is -0.122. The van der Waals surface area contributed by atoms with E-state index in [0.29, 0.717) is 0 Å². The van der Waals surface area contributed by atoms with E-state index in [2.05, 4.69) is 5.32 Å². The molecular formula is C14H19NO3. The number of benzene rings is 1. The van der Waals surface area contributed by atoms with Crippen LogP contribution in [0.3, 0.4) is 0 Å². The van der Waals surface area contributed by atoms with Gasteiger partial charge >= 0.3 is 0 Å². The number of ether oxygens (including phenoxy) is 2. The predicted molar refractivity (Wildman–Crippen MR) is 68.7 cm³/mol. The van der Waals surface area contributed by atoms with Crippen LogP contribution in [0.4, 0.5) is 0 Å². The number of hydrogen-bond donors (Lipinski definition) is 1. The summed E-state index contributed by atoms with van der Waals surface area (Å²) in [6.07, 6.45) is 3.37. The summed E-state index contributed by atoms with van der Waals surface area (Å²) in [7, 11) is 1.60. The summed E-state index contributed by atoms with van der Waals surface area (Å²) in [5.74, 6) is 0.651. The van der Waals surface area contributed by atoms with Crippen molar-refractivity contribution in [1.82, 2.24) is 5.32 Å². The number of carbonyl (C=O) groups is 1. The van der Waals surface area contributed by atoms with E-state index in [1.54, 1.807) is 7.05 Å². The second-order valence-corrected chi connectivity index (χ2v) is 4.41. The van der Waals surface area contributed by atoms with Crippen LogP contribution in [0, 0.1) is 0 Å². The van der Waals surface area contributed by atoms with Crippen LogP contribution in [-0.2, 0) is 16.0 Å². The molecule has 1 saturated heterocycles. The normalized spacial score (nSPS) is 18.6. The van der Waals surface area contributed by atoms with Crippen molar-refractivity contribution in [2.24, 2.45) is 0 Å². The molecule has 1 atom stereocenters. The Morgan fingerprint density at radius 1 is 1.50 bits per heavy atom. The molecule has 1 fully saturated rings. The molecule has 1 aliphatic rings. The third-order valence-electron chi connectivity index (χ3n) is 3.08. The van der Waals surface area contributed by atoms with E-state index in [-0.39, 0.29) is 18.6 Å². The fourth-order valence-electron chi connectivity index (χ4n) is 2.08. The first kappa shape index (κ1) is 12.9. The molecule has 0 unspecified atom stereocenters. The molecule has 1 N–H and O–H groups in total. The van der Waals surface area contributed by atoms with Gasteiger partial charge in [0.25, 0.3) is 5.91 Å². The lowest BCUT2D eigenvalue weighted by Crippen LogP contribution is -2.25. The molecule has 0 aromatic heterocycles. The van der Waals surface area contributed by atoms with Gasteiger partial charge in [-0.25, -0.2) is 0 Å². The second-order valence-electron chi connectivity index (χ2n) is 4.41. The number of likely N-dealkylation sites (N-methyl/N-ethyl adjacent to an activating group) is 1. The first-order valence-electron chi connectivity index (χ1n) is 6.32. The van der Waals surface area contributed by atoms with Crippen molar-refractivity contribution >= 4 is 5.91 Å². The highest BCUT2D eigenvalue weighted by molar-refractivity contribution is 5.77. The van der Waals surface area contributed by atoms with E-state index in [9.17, 15) is 4.79 Å². The standard InChI is InChI=1S/C14H19NO3/c1-15-14(16)10-18-13-7-3-2-5-11(13)9-12-6-4-8-17-12/h2-3,5,7,12H,4,6,8-10H2,1H3,(H,15,16)/t12-/m1/s1. The van der Waals surface area contributed by atoms with Crippen molar-refractivity contribution in [3.05, 3.63) is 29.8 Å². The zero-order chi connectivity index (χ0) is 12.8. The summed E-state index contributed by atoms with van der Waals surface area (Å²) < 4.78 is 11.2. The number of hydrogen-bond acceptors (Lipinski definition) is 3. The maximum absolute atomic E-state index is 11.2. The fourth-order valence-corrected chi connectivity index (χ4v) is 2.08. The Hall–Kier alpha value is -1.55. The Kier molecular flexibility index (Phi) is 4.59. The summed E-state index contributed by atoms with van der Waals surface area (Å²) in [5, 5.41) is 2.54. The molecule has 98 valence electrons. The van der Waals surface area contributed by atoms with E-state index < -0.39 is 0 Å². The first-order valence-corrected chi connectivity index (χ1v) is 6.32. The predicted octanol–water partition coefficient (Wildman–Crippen LogP) is 1.53. The average Bonchev–Trinajstić information content (AvgIpc) is 2.90. The van der Waals surface area contributed by atoms with Crippen molar-refractivity contribution < 1.29 is 14.3 Å². The molecule has 18 heavy (non-hydrogen) atoms. The zero-order valence-electron chi connectivity index (χ0n) is 10.6. The Labute approximate surface area is 107 Å². The molecule has 4 heteroatoms. The second kappa shape index (κ2) is 6.40. The molecule has 0 saturated carbocycles. The Bertz CT molecular complexity index is 400. The van der Waals surface area contributed by atoms with Gasteiger partial charge in [-0.05, 0) is 24.5 Å². The van der Waals surface area contributed by atoms with Gasteiger partial charge < -0.3 is 14.8 Å². The van der Waals surface area contributed by atoms with Gasteiger partial charge in [-0.1, -0.05) is 18.2 Å². The first-order chi connectivity index (χ1) is 8.79. The highest BCUT2D eigenvalue weighted by Crippen LogP contribution is 2.24. The zero-order valence-corrected chi connectivity index (χ0v) is 10.6. The minimum Gasteiger partial charge on any atom is -0.483 e. The molecule has 0 spiro atoms. The molecule has 0 bridgehead atoms. The van der Waals surface area contributed by atoms with Crippen LogP contribution in [-0.4, -0.2) is 32.3 Å². The van der Waals surface area contributed by atoms with Crippen LogP contribution in [0.1, 0.15) is 18.4 Å². The monoisotopic (exact) mass is 249 g/mol. The molecule has 4 nitrogen and oxygen atoms in total. The van der Waals surface area contributed by atoms with Crippen LogP contribution < -0.4 is 10.1 Å². The Balaban J connectivity index is 1.98. The number of rotatable bonds is 5. The molecule has 0 aliphatic carbocycles. The molecule has 0 radical (unpaired) electrons. The number of para-hydroxylation sites is 1. The van der Waals surface area contributed by atoms with Gasteiger partial charge in [0, 0.05) is 20.1 Å². The third kappa shape index (κ3) is 3.47. The smallest absolute Gasteiger partial charge is 0.257 e. The summed E-state index contributed by atoms with van der Waals surface area (Å²) >= 11 is 0. The maximum atomic E-state index is 11.2. The van der Waals surface area contributed by atoms with Crippen LogP contribution in [0.25, 0.3) is 0 Å². The van der Waals surface area contributed by atoms with Gasteiger partial charge in [0.2, 0.25) is 0 Å². The minimum absolute atomic E-state index is 0.0546. The van der Waals surface area contributed by atoms with Gasteiger partial charge in [0.1, 0.15) is 5.75 Å². The van der Waals surface area contributed by atoms with E-state index in [0.717, 1.165) is 37.2 Å². The van der Waals surface area contributed by atoms with Crippen LogP contribution in [0.2, 0.25) is 0 Å². The Morgan fingerprint density at radius 3 is 3.06 bits per heavy atom. The number of nitrogens with one attached hydrogen (secondary N) is 1. The van der Waals surface area contributed by atoms with E-state index in [4.69, 9.17) is 9.47 Å². The van der Waals surface area contributed by atoms with Gasteiger partial charge in [0.05, 0.1) is 6.10 Å². The molecule has 2 rings (SSSR count). The molecule has 1 heterocycles. The Morgan fingerprint density at radius 2 is 2.33 bits per heavy atom. The van der Waals surface area contributed by atoms with Gasteiger partial charge in [-0.3, -0.25) is 4.79 Å². The van der Waals surface area contributed by atoms with E-state index >= 15 is 0 Å². The third-order valence-corrected chi connectivity index (χ3v) is 3.08. The largest absolute Gasteiger partial charge is 0.483 e. The summed E-state index contributed by atoms with van der Waals surface area (Å²) in [4.78, 5) is 11.2. The number of carbonyl (C=O) groups excluding carboxylic acids is 1. The van der Waals surface area contributed by atoms with Crippen LogP contribution in [0.15, 0.2) is 24.3 Å². The summed E-state index contributed by atoms with van der Waals surface area (Å²) in [6.45, 7) is 0.908. The lowest BCUT2D eigenvalue weighted by atomic mass is 10.0. The van der Waals surface area contributed by atoms with Crippen molar-refractivity contribution in [3.8, 4) is 5.75 Å². The highest BCUT2D eigenvalue weighted by Gasteiger charge is 2.17. The quantitative estimate of drug-likeness (QED) is 0.861. The van der Waals surface area contributed by atoms with Crippen molar-refractivity contribution in [2.45, 2.75) is 25.4 Å². The summed E-state index contributed by atoms with van der Waals surface area (Å²) in [6, 6.07) is 7.82. The average molecular weight is 249 g/mol. The van der Waals surface area contributed by atoms with Crippen molar-refractivity contribution in [1.29, 1.82) is 0 Å². The van der Waals surface area contributed by atoms with Gasteiger partial charge in [-0.2, -0.15) is 0 Å². The highest BCUT2D eigenvalue weighted by atomic mass is 16.5. The molecule has 1 aromatic carbocycles. The molecule has 1 aliphatic heterocycles. The summed E-state index contributed by atoms with van der Waals surface area (Å²) in [5.41, 5.74) is 1.10.